The number of benzene rings is 1. The van der Waals surface area contributed by atoms with Crippen LogP contribution in [-0.4, -0.2) is 23.2 Å². The number of aromatic amines is 1. The second kappa shape index (κ2) is 5.43. The van der Waals surface area contributed by atoms with Crippen molar-refractivity contribution in [3.63, 3.8) is 0 Å². The molecular weight excluding hydrogens is 244 g/mol. The number of nitrogens with one attached hydrogen (secondary N) is 2. The number of nitrogen functional groups attached to an aromatic ring is 1. The molecule has 1 atom stereocenters. The lowest BCUT2D eigenvalue weighted by molar-refractivity contribution is 0.0935. The fourth-order valence-electron chi connectivity index (χ4n) is 1.74. The zero-order chi connectivity index (χ0) is 13.8. The van der Waals surface area contributed by atoms with Gasteiger partial charge in [0, 0.05) is 0 Å². The number of hydrogen-bond donors (Lipinski definition) is 3. The van der Waals surface area contributed by atoms with Crippen LogP contribution in [0.2, 0.25) is 0 Å². The van der Waals surface area contributed by atoms with Crippen molar-refractivity contribution in [2.24, 2.45) is 0 Å². The number of H-pyrrole nitrogens is 1. The number of carbonyl (C=O) groups excluding carboxylic acids is 1. The Kier molecular flexibility index (Phi) is 3.70. The molecule has 1 heterocycles. The summed E-state index contributed by atoms with van der Waals surface area (Å²) in [6.07, 6.45) is 1.41. The molecule has 0 spiro atoms. The van der Waals surface area contributed by atoms with Gasteiger partial charge in [-0.3, -0.25) is 9.89 Å². The van der Waals surface area contributed by atoms with Crippen molar-refractivity contribution >= 4 is 11.6 Å². The molecule has 100 valence electrons. The van der Waals surface area contributed by atoms with Crippen LogP contribution in [0, 0.1) is 0 Å². The monoisotopic (exact) mass is 260 g/mol. The maximum Gasteiger partial charge on any atom is 0.271 e. The second-order valence-corrected chi connectivity index (χ2v) is 4.17. The summed E-state index contributed by atoms with van der Waals surface area (Å²) in [6, 6.07) is 7.36. The smallest absolute Gasteiger partial charge is 0.271 e. The third kappa shape index (κ3) is 2.85. The molecule has 6 heteroatoms. The molecule has 0 aliphatic rings. The van der Waals surface area contributed by atoms with Crippen LogP contribution < -0.4 is 15.8 Å². The van der Waals surface area contributed by atoms with Gasteiger partial charge < -0.3 is 15.8 Å². The standard InChI is InChI=1S/C13H16N4O2/c1-8(9-4-3-5-10(6-9)19-2)16-13(18)12-11(14)7-15-17-12/h3-8H,14H2,1-2H3,(H,15,17)(H,16,18). The summed E-state index contributed by atoms with van der Waals surface area (Å²) in [7, 11) is 1.60. The van der Waals surface area contributed by atoms with E-state index in [1.165, 1.54) is 6.20 Å². The maximum absolute atomic E-state index is 12.0. The quantitative estimate of drug-likeness (QED) is 0.776. The van der Waals surface area contributed by atoms with Gasteiger partial charge in [0.2, 0.25) is 0 Å². The Balaban J connectivity index is 2.10. The van der Waals surface area contributed by atoms with Gasteiger partial charge in [-0.2, -0.15) is 5.10 Å². The van der Waals surface area contributed by atoms with Gasteiger partial charge in [0.25, 0.3) is 5.91 Å². The molecule has 1 unspecified atom stereocenters. The Morgan fingerprint density at radius 2 is 2.32 bits per heavy atom. The lowest BCUT2D eigenvalue weighted by Crippen LogP contribution is -2.27. The molecule has 0 saturated carbocycles. The first-order valence-corrected chi connectivity index (χ1v) is 5.85. The summed E-state index contributed by atoms with van der Waals surface area (Å²) in [5, 5.41) is 9.14. The first kappa shape index (κ1) is 12.9. The Morgan fingerprint density at radius 1 is 1.53 bits per heavy atom. The van der Waals surface area contributed by atoms with Crippen molar-refractivity contribution < 1.29 is 9.53 Å². The third-order valence-corrected chi connectivity index (χ3v) is 2.84. The van der Waals surface area contributed by atoms with Gasteiger partial charge in [0.15, 0.2) is 0 Å². The van der Waals surface area contributed by atoms with E-state index in [1.54, 1.807) is 7.11 Å². The number of nitrogens with zero attached hydrogens (tertiary/aromatic N) is 1. The van der Waals surface area contributed by atoms with Crippen molar-refractivity contribution in [2.45, 2.75) is 13.0 Å². The van der Waals surface area contributed by atoms with Crippen LogP contribution in [0.25, 0.3) is 0 Å². The summed E-state index contributed by atoms with van der Waals surface area (Å²) >= 11 is 0. The lowest BCUT2D eigenvalue weighted by Gasteiger charge is -2.14. The highest BCUT2D eigenvalue weighted by atomic mass is 16.5. The van der Waals surface area contributed by atoms with E-state index in [0.29, 0.717) is 5.69 Å². The average molecular weight is 260 g/mol. The molecule has 0 bridgehead atoms. The van der Waals surface area contributed by atoms with Gasteiger partial charge in [-0.1, -0.05) is 12.1 Å². The second-order valence-electron chi connectivity index (χ2n) is 4.17. The molecule has 2 rings (SSSR count). The van der Waals surface area contributed by atoms with Gasteiger partial charge in [-0.25, -0.2) is 0 Å². The lowest BCUT2D eigenvalue weighted by atomic mass is 10.1. The minimum atomic E-state index is -0.287. The van der Waals surface area contributed by atoms with Gasteiger partial charge in [-0.15, -0.1) is 0 Å². The van der Waals surface area contributed by atoms with Crippen molar-refractivity contribution in [3.05, 3.63) is 41.7 Å². The van der Waals surface area contributed by atoms with Crippen LogP contribution in [-0.2, 0) is 0 Å². The number of nitrogens with two attached hydrogens (primary N) is 1. The molecule has 4 N–H and O–H groups in total. The third-order valence-electron chi connectivity index (χ3n) is 2.84. The summed E-state index contributed by atoms with van der Waals surface area (Å²) in [5.41, 5.74) is 7.18. The van der Waals surface area contributed by atoms with E-state index in [0.717, 1.165) is 11.3 Å². The fraction of sp³-hybridized carbons (Fsp3) is 0.231. The number of aromatic nitrogens is 2. The highest BCUT2D eigenvalue weighted by Crippen LogP contribution is 2.19. The number of methoxy groups -OCH3 is 1. The van der Waals surface area contributed by atoms with Crippen LogP contribution in [0.5, 0.6) is 5.75 Å². The first-order valence-electron chi connectivity index (χ1n) is 5.85. The van der Waals surface area contributed by atoms with Crippen LogP contribution in [0.3, 0.4) is 0 Å². The van der Waals surface area contributed by atoms with Crippen molar-refractivity contribution in [1.82, 2.24) is 15.5 Å². The number of carbonyl (C=O) groups is 1. The molecule has 2 aromatic rings. The van der Waals surface area contributed by atoms with Crippen molar-refractivity contribution in [2.75, 3.05) is 12.8 Å². The number of rotatable bonds is 4. The Labute approximate surface area is 111 Å². The highest BCUT2D eigenvalue weighted by Gasteiger charge is 2.15. The normalized spacial score (nSPS) is 11.9. The maximum atomic E-state index is 12.0. The topological polar surface area (TPSA) is 93.0 Å². The van der Waals surface area contributed by atoms with E-state index < -0.39 is 0 Å². The predicted octanol–water partition coefficient (Wildman–Crippen LogP) is 1.49. The van der Waals surface area contributed by atoms with Crippen LogP contribution >= 0.6 is 0 Å². The molecule has 0 aliphatic heterocycles. The van der Waals surface area contributed by atoms with E-state index >= 15 is 0 Å². The SMILES string of the molecule is COc1cccc(C(C)NC(=O)c2[nH]ncc2N)c1. The molecule has 19 heavy (non-hydrogen) atoms. The minimum Gasteiger partial charge on any atom is -0.497 e. The summed E-state index contributed by atoms with van der Waals surface area (Å²) in [5.74, 6) is 0.463. The summed E-state index contributed by atoms with van der Waals surface area (Å²) < 4.78 is 5.15. The van der Waals surface area contributed by atoms with Gasteiger partial charge in [0.1, 0.15) is 11.4 Å². The fourth-order valence-corrected chi connectivity index (χ4v) is 1.74. The molecule has 0 aliphatic carbocycles. The zero-order valence-electron chi connectivity index (χ0n) is 10.8. The van der Waals surface area contributed by atoms with E-state index in [2.05, 4.69) is 15.5 Å². The Bertz CT molecular complexity index is 580. The molecule has 6 nitrogen and oxygen atoms in total. The summed E-state index contributed by atoms with van der Waals surface area (Å²) in [6.45, 7) is 1.89. The number of anilines is 1. The molecular formula is C13H16N4O2. The molecule has 0 fully saturated rings. The molecule has 1 amide bonds. The molecule has 1 aromatic heterocycles. The predicted molar refractivity (Wildman–Crippen MR) is 71.9 cm³/mol. The number of amides is 1. The average Bonchev–Trinajstić information content (AvgIpc) is 2.85. The first-order chi connectivity index (χ1) is 9.11. The highest BCUT2D eigenvalue weighted by molar-refractivity contribution is 5.97. The summed E-state index contributed by atoms with van der Waals surface area (Å²) in [4.78, 5) is 12.0. The molecule has 1 aromatic carbocycles. The van der Waals surface area contributed by atoms with Gasteiger partial charge in [-0.05, 0) is 24.6 Å². The van der Waals surface area contributed by atoms with Gasteiger partial charge >= 0.3 is 0 Å². The van der Waals surface area contributed by atoms with Crippen LogP contribution in [0.15, 0.2) is 30.5 Å². The van der Waals surface area contributed by atoms with E-state index in [-0.39, 0.29) is 17.6 Å². The molecule has 0 saturated heterocycles. The van der Waals surface area contributed by atoms with E-state index in [1.807, 2.05) is 31.2 Å². The Hall–Kier alpha value is -2.50. The van der Waals surface area contributed by atoms with Crippen LogP contribution in [0.4, 0.5) is 5.69 Å². The van der Waals surface area contributed by atoms with Gasteiger partial charge in [0.05, 0.1) is 25.0 Å². The molecule has 0 radical (unpaired) electrons. The van der Waals surface area contributed by atoms with Crippen LogP contribution in [0.1, 0.15) is 29.0 Å². The van der Waals surface area contributed by atoms with Crippen molar-refractivity contribution in [3.8, 4) is 5.75 Å². The zero-order valence-corrected chi connectivity index (χ0v) is 10.8. The largest absolute Gasteiger partial charge is 0.497 e. The minimum absolute atomic E-state index is 0.162. The Morgan fingerprint density at radius 3 is 2.95 bits per heavy atom. The van der Waals surface area contributed by atoms with E-state index in [4.69, 9.17) is 10.5 Å². The number of hydrogen-bond acceptors (Lipinski definition) is 4. The van der Waals surface area contributed by atoms with E-state index in [9.17, 15) is 4.79 Å². The van der Waals surface area contributed by atoms with Crippen molar-refractivity contribution in [1.29, 1.82) is 0 Å². The number of ether oxygens (including phenoxy) is 1.